The molecule has 1 aliphatic rings. The van der Waals surface area contributed by atoms with Crippen molar-refractivity contribution in [3.05, 3.63) is 29.6 Å². The lowest BCUT2D eigenvalue weighted by Crippen LogP contribution is -2.51. The van der Waals surface area contributed by atoms with Gasteiger partial charge in [0.15, 0.2) is 0 Å². The minimum atomic E-state index is -0.0533. The molecular formula is C15H23N3O. The molecule has 104 valence electrons. The second-order valence-corrected chi connectivity index (χ2v) is 5.56. The summed E-state index contributed by atoms with van der Waals surface area (Å²) in [6, 6.07) is 6.22. The van der Waals surface area contributed by atoms with Gasteiger partial charge >= 0.3 is 0 Å². The molecule has 1 saturated carbocycles. The second-order valence-electron chi connectivity index (χ2n) is 5.56. The van der Waals surface area contributed by atoms with Gasteiger partial charge in [0.2, 0.25) is 0 Å². The number of amides is 1. The maximum absolute atomic E-state index is 12.2. The van der Waals surface area contributed by atoms with Crippen molar-refractivity contribution in [1.29, 1.82) is 0 Å². The fourth-order valence-electron chi connectivity index (χ4n) is 2.81. The molecule has 19 heavy (non-hydrogen) atoms. The van der Waals surface area contributed by atoms with Crippen LogP contribution in [0.15, 0.2) is 18.2 Å². The first-order valence-corrected chi connectivity index (χ1v) is 6.99. The number of aryl methyl sites for hydroxylation is 1. The van der Waals surface area contributed by atoms with Crippen LogP contribution >= 0.6 is 0 Å². The number of nitrogens with one attached hydrogen (secondary N) is 1. The normalized spacial score (nSPS) is 23.4. The molecule has 0 radical (unpaired) electrons. The number of nitrogens with zero attached hydrogens (tertiary/aromatic N) is 2. The average molecular weight is 261 g/mol. The first-order chi connectivity index (χ1) is 9.08. The largest absolute Gasteiger partial charge is 0.346 e. The number of aromatic nitrogens is 1. The summed E-state index contributed by atoms with van der Waals surface area (Å²) >= 11 is 0. The molecule has 2 atom stereocenters. The molecule has 1 aliphatic carbocycles. The molecule has 0 aromatic carbocycles. The van der Waals surface area contributed by atoms with E-state index in [-0.39, 0.29) is 11.9 Å². The van der Waals surface area contributed by atoms with Gasteiger partial charge in [-0.3, -0.25) is 4.79 Å². The van der Waals surface area contributed by atoms with Gasteiger partial charge in [0.25, 0.3) is 5.91 Å². The van der Waals surface area contributed by atoms with Crippen molar-refractivity contribution in [1.82, 2.24) is 15.2 Å². The Hall–Kier alpha value is -1.42. The van der Waals surface area contributed by atoms with Crippen LogP contribution in [-0.2, 0) is 0 Å². The van der Waals surface area contributed by atoms with Gasteiger partial charge in [0.05, 0.1) is 0 Å². The molecule has 0 spiro atoms. The molecule has 1 fully saturated rings. The number of likely N-dealkylation sites (N-methyl/N-ethyl adjacent to an activating group) is 1. The first-order valence-electron chi connectivity index (χ1n) is 6.99. The average Bonchev–Trinajstić information content (AvgIpc) is 2.39. The molecule has 0 aliphatic heterocycles. The van der Waals surface area contributed by atoms with Crippen LogP contribution in [0.4, 0.5) is 0 Å². The predicted molar refractivity (Wildman–Crippen MR) is 76.2 cm³/mol. The Kier molecular flexibility index (Phi) is 4.53. The Balaban J connectivity index is 2.04. The zero-order chi connectivity index (χ0) is 13.8. The highest BCUT2D eigenvalue weighted by Crippen LogP contribution is 2.22. The highest BCUT2D eigenvalue weighted by atomic mass is 16.1. The molecule has 1 amide bonds. The standard InChI is InChI=1S/C15H23N3O/c1-11-7-6-9-13(16-11)15(19)17-12-8-4-5-10-14(12)18(2)3/h6-7,9,12,14H,4-5,8,10H2,1-3H3,(H,17,19)/t12-,14-/m0/s1. The van der Waals surface area contributed by atoms with Crippen LogP contribution in [0.2, 0.25) is 0 Å². The molecule has 4 heteroatoms. The lowest BCUT2D eigenvalue weighted by atomic mass is 9.89. The summed E-state index contributed by atoms with van der Waals surface area (Å²) in [4.78, 5) is 18.7. The third-order valence-corrected chi connectivity index (χ3v) is 3.83. The monoisotopic (exact) mass is 261 g/mol. The van der Waals surface area contributed by atoms with Gasteiger partial charge in [0.1, 0.15) is 5.69 Å². The van der Waals surface area contributed by atoms with E-state index in [1.54, 1.807) is 6.07 Å². The third kappa shape index (κ3) is 3.53. The lowest BCUT2D eigenvalue weighted by Gasteiger charge is -2.36. The van der Waals surface area contributed by atoms with Gasteiger partial charge in [-0.15, -0.1) is 0 Å². The van der Waals surface area contributed by atoms with Crippen molar-refractivity contribution in [3.8, 4) is 0 Å². The van der Waals surface area contributed by atoms with Gasteiger partial charge in [0, 0.05) is 17.8 Å². The topological polar surface area (TPSA) is 45.2 Å². The van der Waals surface area contributed by atoms with E-state index in [0.29, 0.717) is 11.7 Å². The van der Waals surface area contributed by atoms with E-state index in [1.165, 1.54) is 12.8 Å². The summed E-state index contributed by atoms with van der Waals surface area (Å²) < 4.78 is 0. The van der Waals surface area contributed by atoms with Gasteiger partial charge in [-0.1, -0.05) is 18.9 Å². The molecule has 1 aromatic rings. The number of carbonyl (C=O) groups is 1. The highest BCUT2D eigenvalue weighted by Gasteiger charge is 2.28. The Labute approximate surface area is 115 Å². The summed E-state index contributed by atoms with van der Waals surface area (Å²) in [5.74, 6) is -0.0533. The van der Waals surface area contributed by atoms with Crippen molar-refractivity contribution < 1.29 is 4.79 Å². The van der Waals surface area contributed by atoms with Crippen molar-refractivity contribution in [2.75, 3.05) is 14.1 Å². The number of rotatable bonds is 3. The molecule has 1 N–H and O–H groups in total. The minimum Gasteiger partial charge on any atom is -0.346 e. The fraction of sp³-hybridized carbons (Fsp3) is 0.600. The molecule has 2 rings (SSSR count). The van der Waals surface area contributed by atoms with Crippen molar-refractivity contribution >= 4 is 5.91 Å². The Morgan fingerprint density at radius 3 is 2.74 bits per heavy atom. The Morgan fingerprint density at radius 2 is 2.05 bits per heavy atom. The quantitative estimate of drug-likeness (QED) is 0.905. The summed E-state index contributed by atoms with van der Waals surface area (Å²) in [6.45, 7) is 1.90. The zero-order valence-corrected chi connectivity index (χ0v) is 12.0. The molecule has 0 bridgehead atoms. The van der Waals surface area contributed by atoms with Crippen LogP contribution in [0, 0.1) is 6.92 Å². The zero-order valence-electron chi connectivity index (χ0n) is 12.0. The Morgan fingerprint density at radius 1 is 1.32 bits per heavy atom. The van der Waals surface area contributed by atoms with Gasteiger partial charge in [-0.2, -0.15) is 0 Å². The van der Waals surface area contributed by atoms with Crippen LogP contribution in [0.1, 0.15) is 41.9 Å². The molecule has 4 nitrogen and oxygen atoms in total. The van der Waals surface area contributed by atoms with Gasteiger partial charge in [-0.25, -0.2) is 4.98 Å². The summed E-state index contributed by atoms with van der Waals surface area (Å²) in [5, 5.41) is 3.15. The van der Waals surface area contributed by atoms with Crippen molar-refractivity contribution in [3.63, 3.8) is 0 Å². The molecule has 1 heterocycles. The second kappa shape index (κ2) is 6.15. The molecule has 1 aromatic heterocycles. The van der Waals surface area contributed by atoms with E-state index in [2.05, 4.69) is 29.3 Å². The predicted octanol–water partition coefficient (Wildman–Crippen LogP) is 1.99. The van der Waals surface area contributed by atoms with E-state index < -0.39 is 0 Å². The SMILES string of the molecule is Cc1cccc(C(=O)N[C@H]2CCCC[C@@H]2N(C)C)n1. The van der Waals surface area contributed by atoms with Gasteiger partial charge < -0.3 is 10.2 Å². The van der Waals surface area contributed by atoms with Crippen LogP contribution in [-0.4, -0.2) is 42.0 Å². The fourth-order valence-corrected chi connectivity index (χ4v) is 2.81. The minimum absolute atomic E-state index is 0.0533. The van der Waals surface area contributed by atoms with Crippen LogP contribution < -0.4 is 5.32 Å². The maximum atomic E-state index is 12.2. The van der Waals surface area contributed by atoms with Crippen LogP contribution in [0.3, 0.4) is 0 Å². The van der Waals surface area contributed by atoms with E-state index in [1.807, 2.05) is 19.1 Å². The van der Waals surface area contributed by atoms with E-state index in [9.17, 15) is 4.79 Å². The number of hydrogen-bond donors (Lipinski definition) is 1. The molecule has 0 unspecified atom stereocenters. The van der Waals surface area contributed by atoms with Crippen molar-refractivity contribution in [2.45, 2.75) is 44.7 Å². The van der Waals surface area contributed by atoms with E-state index in [4.69, 9.17) is 0 Å². The number of carbonyl (C=O) groups excluding carboxylic acids is 1. The summed E-state index contributed by atoms with van der Waals surface area (Å²) in [6.07, 6.45) is 4.65. The van der Waals surface area contributed by atoms with Crippen LogP contribution in [0.5, 0.6) is 0 Å². The molecular weight excluding hydrogens is 238 g/mol. The van der Waals surface area contributed by atoms with E-state index >= 15 is 0 Å². The van der Waals surface area contributed by atoms with Crippen LogP contribution in [0.25, 0.3) is 0 Å². The van der Waals surface area contributed by atoms with E-state index in [0.717, 1.165) is 18.5 Å². The number of hydrogen-bond acceptors (Lipinski definition) is 3. The summed E-state index contributed by atoms with van der Waals surface area (Å²) in [5.41, 5.74) is 1.39. The van der Waals surface area contributed by atoms with Crippen molar-refractivity contribution in [2.24, 2.45) is 0 Å². The smallest absolute Gasteiger partial charge is 0.270 e. The Bertz CT molecular complexity index is 445. The molecule has 0 saturated heterocycles. The number of pyridine rings is 1. The highest BCUT2D eigenvalue weighted by molar-refractivity contribution is 5.92. The lowest BCUT2D eigenvalue weighted by molar-refractivity contribution is 0.0877. The van der Waals surface area contributed by atoms with Gasteiger partial charge in [-0.05, 0) is 46.0 Å². The third-order valence-electron chi connectivity index (χ3n) is 3.83. The maximum Gasteiger partial charge on any atom is 0.270 e. The summed E-state index contributed by atoms with van der Waals surface area (Å²) in [7, 11) is 4.17. The first kappa shape index (κ1) is 14.0.